The number of halogens is 4. The van der Waals surface area contributed by atoms with E-state index in [0.717, 1.165) is 0 Å². The number of rotatable bonds is 5. The Balaban J connectivity index is 1.96. The Hall–Kier alpha value is -2.12. The second kappa shape index (κ2) is 5.68. The number of nitrogens with zero attached hydrogens (tertiary/aromatic N) is 3. The second-order valence-corrected chi connectivity index (χ2v) is 3.75. The summed E-state index contributed by atoms with van der Waals surface area (Å²) in [7, 11) is 0. The molecule has 0 aliphatic heterocycles. The zero-order chi connectivity index (χ0) is 13.8. The molecule has 4 nitrogen and oxygen atoms in total. The van der Waals surface area contributed by atoms with Crippen LogP contribution in [0, 0.1) is 23.5 Å². The zero-order valence-corrected chi connectivity index (χ0v) is 9.71. The fraction of sp³-hybridized carbons (Fsp3) is 0.273. The number of nitrogens with one attached hydrogen (secondary N) is 1. The molecule has 1 N–H and O–H groups in total. The summed E-state index contributed by atoms with van der Waals surface area (Å²) in [5, 5.41) is 6.25. The number of hydrogen-bond acceptors (Lipinski definition) is 3. The number of pyridine rings is 1. The smallest absolute Gasteiger partial charge is 0.253 e. The molecule has 102 valence electrons. The molecule has 0 amide bonds. The van der Waals surface area contributed by atoms with Crippen molar-refractivity contribution in [2.75, 3.05) is 11.9 Å². The van der Waals surface area contributed by atoms with Crippen molar-refractivity contribution in [3.05, 3.63) is 42.0 Å². The van der Waals surface area contributed by atoms with Gasteiger partial charge >= 0.3 is 0 Å². The van der Waals surface area contributed by atoms with E-state index in [1.165, 1.54) is 0 Å². The molecule has 0 spiro atoms. The van der Waals surface area contributed by atoms with Gasteiger partial charge in [-0.25, -0.2) is 0 Å². The first-order valence-corrected chi connectivity index (χ1v) is 5.51. The van der Waals surface area contributed by atoms with Crippen molar-refractivity contribution < 1.29 is 17.6 Å². The molecule has 2 heterocycles. The maximum Gasteiger partial charge on any atom is 0.253 e. The predicted molar refractivity (Wildman–Crippen MR) is 59.4 cm³/mol. The highest BCUT2D eigenvalue weighted by Gasteiger charge is 2.20. The van der Waals surface area contributed by atoms with Crippen LogP contribution < -0.4 is 5.32 Å². The first-order valence-electron chi connectivity index (χ1n) is 5.51. The van der Waals surface area contributed by atoms with Crippen LogP contribution in [0.4, 0.5) is 23.2 Å². The van der Waals surface area contributed by atoms with Crippen LogP contribution >= 0.6 is 0 Å². The fourth-order valence-electron chi connectivity index (χ4n) is 1.53. The summed E-state index contributed by atoms with van der Waals surface area (Å²) in [6.07, 6.45) is 3.81. The summed E-state index contributed by atoms with van der Waals surface area (Å²) in [5.74, 6) is -6.40. The highest BCUT2D eigenvalue weighted by atomic mass is 19.2. The Morgan fingerprint density at radius 1 is 1.11 bits per heavy atom. The summed E-state index contributed by atoms with van der Waals surface area (Å²) in [6, 6.07) is 1.74. The maximum absolute atomic E-state index is 13.2. The molecule has 0 aliphatic rings. The van der Waals surface area contributed by atoms with Crippen molar-refractivity contribution in [3.8, 4) is 0 Å². The van der Waals surface area contributed by atoms with Crippen molar-refractivity contribution in [3.63, 3.8) is 0 Å². The maximum atomic E-state index is 13.2. The summed E-state index contributed by atoms with van der Waals surface area (Å²) >= 11 is 0. The fourth-order valence-corrected chi connectivity index (χ4v) is 1.53. The van der Waals surface area contributed by atoms with Crippen molar-refractivity contribution in [1.29, 1.82) is 0 Å². The Bertz CT molecular complexity index is 530. The van der Waals surface area contributed by atoms with Crippen molar-refractivity contribution in [2.24, 2.45) is 0 Å². The third-order valence-electron chi connectivity index (χ3n) is 2.42. The van der Waals surface area contributed by atoms with Gasteiger partial charge in [0.2, 0.25) is 11.6 Å². The van der Waals surface area contributed by atoms with Gasteiger partial charge in [-0.2, -0.15) is 27.6 Å². The lowest BCUT2D eigenvalue weighted by Gasteiger charge is -2.09. The lowest BCUT2D eigenvalue weighted by molar-refractivity contribution is 0.410. The molecular weight excluding hydrogens is 264 g/mol. The van der Waals surface area contributed by atoms with Gasteiger partial charge in [0.15, 0.2) is 0 Å². The van der Waals surface area contributed by atoms with Crippen LogP contribution in [-0.2, 0) is 6.54 Å². The summed E-state index contributed by atoms with van der Waals surface area (Å²) in [6.45, 7) is 0.649. The molecule has 2 aromatic heterocycles. The highest BCUT2D eigenvalue weighted by Crippen LogP contribution is 2.21. The van der Waals surface area contributed by atoms with E-state index in [9.17, 15) is 17.6 Å². The average molecular weight is 274 g/mol. The normalized spacial score (nSPS) is 10.7. The lowest BCUT2D eigenvalue weighted by atomic mass is 10.3. The third kappa shape index (κ3) is 3.01. The molecule has 19 heavy (non-hydrogen) atoms. The molecule has 0 aromatic carbocycles. The standard InChI is InChI=1S/C11H10F4N4/c12-7-9(8(13)11(15)18-10(7)14)16-3-1-5-19-6-2-4-17-19/h2,4,6H,1,3,5H2,(H,16,18). The number of aryl methyl sites for hydroxylation is 1. The topological polar surface area (TPSA) is 42.7 Å². The minimum Gasteiger partial charge on any atom is -0.380 e. The van der Waals surface area contributed by atoms with Gasteiger partial charge in [0.25, 0.3) is 11.9 Å². The summed E-state index contributed by atoms with van der Waals surface area (Å²) in [5.41, 5.74) is -0.842. The van der Waals surface area contributed by atoms with Crippen molar-refractivity contribution in [1.82, 2.24) is 14.8 Å². The van der Waals surface area contributed by atoms with Crippen LogP contribution in [0.2, 0.25) is 0 Å². The Morgan fingerprint density at radius 2 is 1.79 bits per heavy atom. The van der Waals surface area contributed by atoms with E-state index in [4.69, 9.17) is 0 Å². The molecule has 2 rings (SSSR count). The molecule has 8 heteroatoms. The predicted octanol–water partition coefficient (Wildman–Crippen LogP) is 2.34. The Labute approximate surface area is 106 Å². The van der Waals surface area contributed by atoms with E-state index in [1.807, 2.05) is 0 Å². The van der Waals surface area contributed by atoms with Gasteiger partial charge in [0.05, 0.1) is 0 Å². The van der Waals surface area contributed by atoms with Gasteiger partial charge in [-0.3, -0.25) is 4.68 Å². The molecule has 0 fully saturated rings. The minimum atomic E-state index is -1.67. The molecule has 0 unspecified atom stereocenters. The molecule has 0 radical (unpaired) electrons. The summed E-state index contributed by atoms with van der Waals surface area (Å²) < 4.78 is 53.7. The molecular formula is C11H10F4N4. The van der Waals surface area contributed by atoms with Gasteiger partial charge in [-0.05, 0) is 12.5 Å². The number of hydrogen-bond donors (Lipinski definition) is 1. The van der Waals surface area contributed by atoms with Crippen LogP contribution in [-0.4, -0.2) is 21.3 Å². The quantitative estimate of drug-likeness (QED) is 0.517. The largest absolute Gasteiger partial charge is 0.380 e. The highest BCUT2D eigenvalue weighted by molar-refractivity contribution is 5.45. The monoisotopic (exact) mass is 274 g/mol. The first-order chi connectivity index (χ1) is 9.09. The van der Waals surface area contributed by atoms with Crippen molar-refractivity contribution >= 4 is 5.69 Å². The van der Waals surface area contributed by atoms with Gasteiger partial charge in [-0.1, -0.05) is 0 Å². The first kappa shape index (κ1) is 13.3. The molecule has 0 atom stereocenters. The van der Waals surface area contributed by atoms with Gasteiger partial charge in [0, 0.05) is 25.5 Å². The van der Waals surface area contributed by atoms with Gasteiger partial charge < -0.3 is 5.32 Å². The molecule has 0 saturated heterocycles. The van der Waals surface area contributed by atoms with Crippen LogP contribution in [0.1, 0.15) is 6.42 Å². The van der Waals surface area contributed by atoms with Crippen LogP contribution in [0.15, 0.2) is 18.5 Å². The van der Waals surface area contributed by atoms with Gasteiger partial charge in [-0.15, -0.1) is 0 Å². The second-order valence-electron chi connectivity index (χ2n) is 3.75. The van der Waals surface area contributed by atoms with Crippen molar-refractivity contribution in [2.45, 2.75) is 13.0 Å². The number of aromatic nitrogens is 3. The lowest BCUT2D eigenvalue weighted by Crippen LogP contribution is -2.12. The SMILES string of the molecule is Fc1nc(F)c(F)c(NCCCn2cccn2)c1F. The average Bonchev–Trinajstić information content (AvgIpc) is 2.89. The van der Waals surface area contributed by atoms with E-state index in [2.05, 4.69) is 15.4 Å². The molecule has 2 aromatic rings. The van der Waals surface area contributed by atoms with Crippen LogP contribution in [0.5, 0.6) is 0 Å². The van der Waals surface area contributed by atoms with E-state index in [-0.39, 0.29) is 6.54 Å². The zero-order valence-electron chi connectivity index (χ0n) is 9.71. The Morgan fingerprint density at radius 3 is 2.37 bits per heavy atom. The Kier molecular flexibility index (Phi) is 3.98. The summed E-state index contributed by atoms with van der Waals surface area (Å²) in [4.78, 5) is 2.46. The van der Waals surface area contributed by atoms with E-state index >= 15 is 0 Å². The van der Waals surface area contributed by atoms with E-state index in [1.54, 1.807) is 23.1 Å². The third-order valence-corrected chi connectivity index (χ3v) is 2.42. The molecule has 0 aliphatic carbocycles. The van der Waals surface area contributed by atoms with Crippen LogP contribution in [0.3, 0.4) is 0 Å². The van der Waals surface area contributed by atoms with E-state index < -0.39 is 29.2 Å². The van der Waals surface area contributed by atoms with Gasteiger partial charge in [0.1, 0.15) is 5.69 Å². The molecule has 0 bridgehead atoms. The minimum absolute atomic E-state index is 0.136. The molecule has 0 saturated carbocycles. The van der Waals surface area contributed by atoms with E-state index in [0.29, 0.717) is 13.0 Å². The number of anilines is 1. The van der Waals surface area contributed by atoms with Crippen LogP contribution in [0.25, 0.3) is 0 Å².